The number of hydrogen-bond acceptors (Lipinski definition) is 4. The molecule has 0 aliphatic carbocycles. The van der Waals surface area contributed by atoms with Crippen molar-refractivity contribution in [3.05, 3.63) is 235 Å². The van der Waals surface area contributed by atoms with Gasteiger partial charge in [0.05, 0.1) is 16.7 Å². The topological polar surface area (TPSA) is 41.7 Å². The van der Waals surface area contributed by atoms with Crippen LogP contribution in [0.5, 0.6) is 0 Å². The molecule has 1 atom stereocenters. The van der Waals surface area contributed by atoms with Gasteiger partial charge in [-0.1, -0.05) is 164 Å². The summed E-state index contributed by atoms with van der Waals surface area (Å²) in [5, 5.41) is 18.4. The van der Waals surface area contributed by atoms with Crippen LogP contribution in [0.15, 0.2) is 228 Å². The summed E-state index contributed by atoms with van der Waals surface area (Å²) in [4.78, 5) is 10.9. The van der Waals surface area contributed by atoms with Crippen molar-refractivity contribution in [2.24, 2.45) is 9.98 Å². The van der Waals surface area contributed by atoms with Crippen molar-refractivity contribution in [1.82, 2.24) is 9.88 Å². The second kappa shape index (κ2) is 14.6. The van der Waals surface area contributed by atoms with Crippen LogP contribution >= 0.6 is 11.3 Å². The summed E-state index contributed by atoms with van der Waals surface area (Å²) in [7, 11) is 0. The molecule has 4 nitrogen and oxygen atoms in total. The molecule has 1 aliphatic rings. The molecule has 308 valence electrons. The summed E-state index contributed by atoms with van der Waals surface area (Å²) in [6, 6.07) is 79.6. The zero-order valence-electron chi connectivity index (χ0n) is 35.6. The maximum absolute atomic E-state index is 5.48. The van der Waals surface area contributed by atoms with Gasteiger partial charge in [0.25, 0.3) is 0 Å². The molecular weight excluding hydrogens is 821 g/mol. The molecule has 0 saturated carbocycles. The molecule has 0 bridgehead atoms. The molecule has 0 amide bonds. The largest absolute Gasteiger partial charge is 0.344 e. The van der Waals surface area contributed by atoms with Crippen LogP contribution in [0.1, 0.15) is 22.9 Å². The number of amidine groups is 2. The molecule has 0 fully saturated rings. The second-order valence-corrected chi connectivity index (χ2v) is 18.5. The summed E-state index contributed by atoms with van der Waals surface area (Å²) >= 11 is 1.85. The van der Waals surface area contributed by atoms with E-state index in [1.807, 2.05) is 11.3 Å². The molecule has 0 saturated heterocycles. The van der Waals surface area contributed by atoms with Crippen LogP contribution in [-0.4, -0.2) is 16.2 Å². The molecule has 1 N–H and O–H groups in total. The number of aliphatic imine (C=N–C) groups is 2. The summed E-state index contributed by atoms with van der Waals surface area (Å²) in [6.45, 7) is 0. The van der Waals surface area contributed by atoms with Crippen molar-refractivity contribution in [2.75, 3.05) is 0 Å². The third-order valence-electron chi connectivity index (χ3n) is 13.6. The van der Waals surface area contributed by atoms with Crippen molar-refractivity contribution in [2.45, 2.75) is 6.17 Å². The van der Waals surface area contributed by atoms with E-state index in [0.29, 0.717) is 5.84 Å². The summed E-state index contributed by atoms with van der Waals surface area (Å²) in [5.41, 5.74) is 8.81. The van der Waals surface area contributed by atoms with Crippen LogP contribution in [0.4, 0.5) is 0 Å². The van der Waals surface area contributed by atoms with Crippen molar-refractivity contribution < 1.29 is 0 Å². The number of rotatable bonds is 5. The van der Waals surface area contributed by atoms with Gasteiger partial charge in [-0.05, 0) is 103 Å². The van der Waals surface area contributed by atoms with E-state index >= 15 is 0 Å². The SMILES string of the molecule is c1ccc2cc(C3=NC(c4ccc(-n5c6cc7ccccc7cc6c6ccc7ccccc7c65)c(-c5cccc6sc7ccccc7c56)c4)=NC(c4ccc5ccccc5c4)N3)ccc2c1. The predicted octanol–water partition coefficient (Wildman–Crippen LogP) is 15.9. The van der Waals surface area contributed by atoms with E-state index < -0.39 is 0 Å². The van der Waals surface area contributed by atoms with Gasteiger partial charge in [0.15, 0.2) is 5.84 Å². The Kier molecular flexibility index (Phi) is 8.18. The number of thiophene rings is 1. The first-order chi connectivity index (χ1) is 32.7. The normalized spacial score (nSPS) is 14.2. The highest BCUT2D eigenvalue weighted by molar-refractivity contribution is 7.25. The van der Waals surface area contributed by atoms with Crippen LogP contribution in [0.3, 0.4) is 0 Å². The first-order valence-corrected chi connectivity index (χ1v) is 23.3. The maximum Gasteiger partial charge on any atom is 0.159 e. The zero-order valence-corrected chi connectivity index (χ0v) is 36.4. The van der Waals surface area contributed by atoms with E-state index in [1.54, 1.807) is 0 Å². The fourth-order valence-electron chi connectivity index (χ4n) is 10.4. The number of fused-ring (bicyclic) bond motifs is 11. The van der Waals surface area contributed by atoms with Gasteiger partial charge in [0, 0.05) is 53.0 Å². The van der Waals surface area contributed by atoms with E-state index in [0.717, 1.165) is 33.8 Å². The first-order valence-electron chi connectivity index (χ1n) is 22.5. The highest BCUT2D eigenvalue weighted by Gasteiger charge is 2.25. The first kappa shape index (κ1) is 37.0. The number of benzene rings is 11. The minimum absolute atomic E-state index is 0.368. The number of hydrogen-bond donors (Lipinski definition) is 1. The molecule has 13 aromatic rings. The van der Waals surface area contributed by atoms with Gasteiger partial charge in [-0.3, -0.25) is 0 Å². The fraction of sp³-hybridized carbons (Fsp3) is 0.0164. The van der Waals surface area contributed by atoms with E-state index in [2.05, 4.69) is 228 Å². The summed E-state index contributed by atoms with van der Waals surface area (Å²) in [6.07, 6.45) is -0.368. The summed E-state index contributed by atoms with van der Waals surface area (Å²) < 4.78 is 5.06. The van der Waals surface area contributed by atoms with Gasteiger partial charge in [0.1, 0.15) is 12.0 Å². The lowest BCUT2D eigenvalue weighted by Crippen LogP contribution is -2.33. The van der Waals surface area contributed by atoms with Gasteiger partial charge in [0.2, 0.25) is 0 Å². The lowest BCUT2D eigenvalue weighted by atomic mass is 9.95. The molecule has 0 radical (unpaired) electrons. The third-order valence-corrected chi connectivity index (χ3v) is 14.7. The lowest BCUT2D eigenvalue weighted by molar-refractivity contribution is 0.675. The molecule has 11 aromatic carbocycles. The van der Waals surface area contributed by atoms with Crippen LogP contribution < -0.4 is 5.32 Å². The average molecular weight is 859 g/mol. The molecule has 14 rings (SSSR count). The quantitative estimate of drug-likeness (QED) is 0.184. The zero-order chi connectivity index (χ0) is 43.3. The number of aromatic nitrogens is 1. The number of nitrogens with zero attached hydrogens (tertiary/aromatic N) is 3. The van der Waals surface area contributed by atoms with E-state index in [1.165, 1.54) is 90.6 Å². The smallest absolute Gasteiger partial charge is 0.159 e. The van der Waals surface area contributed by atoms with E-state index in [4.69, 9.17) is 9.98 Å². The molecule has 3 heterocycles. The van der Waals surface area contributed by atoms with Crippen molar-refractivity contribution >= 4 is 108 Å². The van der Waals surface area contributed by atoms with Crippen LogP contribution in [0, 0.1) is 0 Å². The van der Waals surface area contributed by atoms with Crippen LogP contribution in [-0.2, 0) is 0 Å². The Morgan fingerprint density at radius 2 is 1.06 bits per heavy atom. The minimum atomic E-state index is -0.368. The van der Waals surface area contributed by atoms with Gasteiger partial charge >= 0.3 is 0 Å². The second-order valence-electron chi connectivity index (χ2n) is 17.4. The summed E-state index contributed by atoms with van der Waals surface area (Å²) in [5.74, 6) is 1.48. The van der Waals surface area contributed by atoms with Gasteiger partial charge < -0.3 is 9.88 Å². The monoisotopic (exact) mass is 858 g/mol. The molecule has 2 aromatic heterocycles. The fourth-order valence-corrected chi connectivity index (χ4v) is 11.5. The lowest BCUT2D eigenvalue weighted by Gasteiger charge is -2.25. The Bertz CT molecular complexity index is 4230. The van der Waals surface area contributed by atoms with Crippen molar-refractivity contribution in [3.8, 4) is 16.8 Å². The highest BCUT2D eigenvalue weighted by atomic mass is 32.1. The van der Waals surface area contributed by atoms with E-state index in [-0.39, 0.29) is 6.17 Å². The van der Waals surface area contributed by atoms with Gasteiger partial charge in [-0.25, -0.2) is 9.98 Å². The number of nitrogens with one attached hydrogen (secondary N) is 1. The molecule has 1 unspecified atom stereocenters. The van der Waals surface area contributed by atoms with Gasteiger partial charge in [-0.2, -0.15) is 0 Å². The van der Waals surface area contributed by atoms with Crippen molar-refractivity contribution in [3.63, 3.8) is 0 Å². The predicted molar refractivity (Wildman–Crippen MR) is 281 cm³/mol. The average Bonchev–Trinajstić information content (AvgIpc) is 3.93. The highest BCUT2D eigenvalue weighted by Crippen LogP contribution is 2.45. The Labute approximate surface area is 384 Å². The minimum Gasteiger partial charge on any atom is -0.344 e. The van der Waals surface area contributed by atoms with Crippen LogP contribution in [0.25, 0.3) is 102 Å². The Hall–Kier alpha value is -8.38. The molecule has 5 heteroatoms. The molecule has 66 heavy (non-hydrogen) atoms. The maximum atomic E-state index is 5.48. The Morgan fingerprint density at radius 1 is 0.424 bits per heavy atom. The van der Waals surface area contributed by atoms with Crippen LogP contribution in [0.2, 0.25) is 0 Å². The Balaban J connectivity index is 1.06. The third kappa shape index (κ3) is 5.84. The molecular formula is C61H38N4S. The van der Waals surface area contributed by atoms with E-state index in [9.17, 15) is 0 Å². The standard InChI is InChI=1S/C61H38N4S/c1-3-15-40-32-44(26-24-37(40)12-1)59-62-60(45-27-25-38-13-2-4-16-41(38)33-45)64-61(63-59)46-29-31-53(51(35-46)48-21-11-23-56-57(48)50-20-9-10-22-55(50)66-56)65-54-36-43-18-6-5-17-42(43)34-52(54)49-30-28-39-14-7-8-19-47(39)58(49)65/h1-36,59H,(H,62,63,64). The Morgan fingerprint density at radius 3 is 1.88 bits per heavy atom. The van der Waals surface area contributed by atoms with Gasteiger partial charge in [-0.15, -0.1) is 11.3 Å². The molecule has 0 spiro atoms. The van der Waals surface area contributed by atoms with Crippen molar-refractivity contribution in [1.29, 1.82) is 0 Å². The molecule has 1 aliphatic heterocycles.